The van der Waals surface area contributed by atoms with Gasteiger partial charge in [0.1, 0.15) is 0 Å². The Balaban J connectivity index is 1.69. The molecule has 0 saturated heterocycles. The van der Waals surface area contributed by atoms with Crippen LogP contribution in [-0.2, 0) is 0 Å². The summed E-state index contributed by atoms with van der Waals surface area (Å²) < 4.78 is 4.92. The second kappa shape index (κ2) is 5.52. The Bertz CT molecular complexity index is 731. The molecule has 6 rings (SSSR count). The van der Waals surface area contributed by atoms with Crippen molar-refractivity contribution < 1.29 is 4.24 Å². The maximum Gasteiger partial charge on any atom is 0.475 e. The number of nitrogens with zero attached hydrogens (tertiary/aromatic N) is 2. The molecule has 1 aromatic rings. The minimum atomic E-state index is -2.70. The van der Waals surface area contributed by atoms with E-state index >= 15 is 0 Å². The minimum Gasteiger partial charge on any atom is -0.374 e. The molecule has 0 radical (unpaired) electrons. The zero-order chi connectivity index (χ0) is 18.3. The summed E-state index contributed by atoms with van der Waals surface area (Å²) in [7, 11) is -2.70. The molecule has 5 heteroatoms. The fourth-order valence-electron chi connectivity index (χ4n) is 6.83. The monoisotopic (exact) mass is 407 g/mol. The standard InChI is InChI=1S/C21H29Cl2N2Si/c1-20(2,3)24-19(18-7-5-4-6-8-18)25(26(24,22)23)21-12-15-9-16(13-21)11-17(10-15)14-21/h4-8,15-17H,9-14H2,1-3H3. The predicted octanol–water partition coefficient (Wildman–Crippen LogP) is 5.44. The van der Waals surface area contributed by atoms with E-state index < -0.39 is 7.02 Å². The van der Waals surface area contributed by atoms with Gasteiger partial charge in [-0.15, -0.1) is 0 Å². The quantitative estimate of drug-likeness (QED) is 0.466. The highest BCUT2D eigenvalue weighted by Gasteiger charge is 2.65. The largest absolute Gasteiger partial charge is 0.475 e. The van der Waals surface area contributed by atoms with Gasteiger partial charge >= 0.3 is 7.02 Å². The Kier molecular flexibility index (Phi) is 3.73. The van der Waals surface area contributed by atoms with Gasteiger partial charge in [-0.2, -0.15) is 0 Å². The molecule has 26 heavy (non-hydrogen) atoms. The molecule has 4 fully saturated rings. The number of hydrogen-bond donors (Lipinski definition) is 0. The van der Waals surface area contributed by atoms with Gasteiger partial charge in [-0.1, -0.05) is 18.2 Å². The van der Waals surface area contributed by atoms with Crippen molar-refractivity contribution in [2.75, 3.05) is 0 Å². The van der Waals surface area contributed by atoms with E-state index in [1.165, 1.54) is 49.9 Å². The van der Waals surface area contributed by atoms with Crippen LogP contribution in [0.15, 0.2) is 30.3 Å². The first kappa shape index (κ1) is 17.6. The van der Waals surface area contributed by atoms with Crippen molar-refractivity contribution in [1.82, 2.24) is 4.57 Å². The summed E-state index contributed by atoms with van der Waals surface area (Å²) in [5.41, 5.74) is 1.40. The lowest BCUT2D eigenvalue weighted by atomic mass is 9.53. The average molecular weight is 408 g/mol. The molecular formula is C21H29Cl2N2Si. The molecule has 0 atom stereocenters. The van der Waals surface area contributed by atoms with Crippen LogP contribution in [0.25, 0.3) is 0 Å². The number of rotatable bonds is 2. The normalized spacial score (nSPS) is 37.9. The summed E-state index contributed by atoms with van der Waals surface area (Å²) in [6.07, 6.45) is 8.20. The summed E-state index contributed by atoms with van der Waals surface area (Å²) in [6, 6.07) is 10.8. The average Bonchev–Trinajstić information content (AvgIpc) is 2.50. The molecule has 1 aromatic carbocycles. The summed E-state index contributed by atoms with van der Waals surface area (Å²) in [6.45, 7) is 6.71. The van der Waals surface area contributed by atoms with Crippen molar-refractivity contribution in [2.45, 2.75) is 70.4 Å². The third kappa shape index (κ3) is 2.39. The van der Waals surface area contributed by atoms with Gasteiger partial charge in [-0.25, -0.2) is 22.2 Å². The maximum absolute atomic E-state index is 7.24. The van der Waals surface area contributed by atoms with Gasteiger partial charge in [0.15, 0.2) is 0 Å². The van der Waals surface area contributed by atoms with E-state index in [0.29, 0.717) is 0 Å². The van der Waals surface area contributed by atoms with Crippen molar-refractivity contribution in [3.8, 4) is 0 Å². The van der Waals surface area contributed by atoms with Gasteiger partial charge in [0.05, 0.1) is 16.6 Å². The first-order chi connectivity index (χ1) is 12.2. The highest BCUT2D eigenvalue weighted by atomic mass is 35.7. The van der Waals surface area contributed by atoms with Crippen LogP contribution in [0.4, 0.5) is 0 Å². The Morgan fingerprint density at radius 2 is 1.46 bits per heavy atom. The SMILES string of the molecule is CC(C)(C)N1C(c2ccccc2)=[N+](C23CC4CC(CC(C4)C2)C3)[Si-]1(Cl)Cl. The van der Waals surface area contributed by atoms with Gasteiger partial charge in [0.25, 0.3) is 0 Å². The van der Waals surface area contributed by atoms with Gasteiger partial charge in [-0.3, -0.25) is 0 Å². The molecule has 0 amide bonds. The summed E-state index contributed by atoms with van der Waals surface area (Å²) in [4.78, 5) is 0. The van der Waals surface area contributed by atoms with Gasteiger partial charge in [0, 0.05) is 0 Å². The number of halogens is 2. The van der Waals surface area contributed by atoms with E-state index in [1.807, 2.05) is 0 Å². The molecule has 141 valence electrons. The maximum atomic E-state index is 7.24. The molecule has 4 bridgehead atoms. The predicted molar refractivity (Wildman–Crippen MR) is 111 cm³/mol. The van der Waals surface area contributed by atoms with E-state index in [2.05, 4.69) is 59.9 Å². The molecule has 0 aromatic heterocycles. The first-order valence-electron chi connectivity index (χ1n) is 10.1. The van der Waals surface area contributed by atoms with E-state index in [4.69, 9.17) is 22.2 Å². The van der Waals surface area contributed by atoms with Crippen LogP contribution < -0.4 is 0 Å². The second-order valence-corrected chi connectivity index (χ2v) is 15.8. The molecule has 4 saturated carbocycles. The molecule has 0 N–H and O–H groups in total. The highest BCUT2D eigenvalue weighted by molar-refractivity contribution is 7.42. The number of benzene rings is 1. The van der Waals surface area contributed by atoms with Crippen molar-refractivity contribution in [3.63, 3.8) is 0 Å². The van der Waals surface area contributed by atoms with Crippen LogP contribution in [0.1, 0.15) is 64.9 Å². The summed E-state index contributed by atoms with van der Waals surface area (Å²) in [5.74, 6) is 3.96. The zero-order valence-corrected chi connectivity index (χ0v) is 18.5. The molecule has 0 spiro atoms. The van der Waals surface area contributed by atoms with E-state index in [-0.39, 0.29) is 11.1 Å². The fourth-order valence-corrected chi connectivity index (χ4v) is 13.1. The molecule has 0 unspecified atom stereocenters. The Labute approximate surface area is 167 Å². The topological polar surface area (TPSA) is 6.25 Å². The Morgan fingerprint density at radius 1 is 0.962 bits per heavy atom. The second-order valence-electron chi connectivity index (χ2n) is 10.2. The van der Waals surface area contributed by atoms with Crippen LogP contribution in [0, 0.1) is 17.8 Å². The van der Waals surface area contributed by atoms with Crippen molar-refractivity contribution in [3.05, 3.63) is 35.9 Å². The molecule has 1 aliphatic heterocycles. The van der Waals surface area contributed by atoms with Gasteiger partial charge in [-0.05, 0) is 89.2 Å². The van der Waals surface area contributed by atoms with Crippen LogP contribution in [0.2, 0.25) is 0 Å². The molecule has 4 aliphatic carbocycles. The summed E-state index contributed by atoms with van der Waals surface area (Å²) in [5, 5.41) is 0. The zero-order valence-electron chi connectivity index (χ0n) is 16.0. The van der Waals surface area contributed by atoms with Gasteiger partial charge < -0.3 is 8.81 Å². The molecule has 5 aliphatic rings. The minimum absolute atomic E-state index is 0.0698. The smallest absolute Gasteiger partial charge is 0.374 e. The van der Waals surface area contributed by atoms with E-state index in [9.17, 15) is 0 Å². The lowest BCUT2D eigenvalue weighted by Gasteiger charge is -2.66. The van der Waals surface area contributed by atoms with Crippen LogP contribution >= 0.6 is 22.2 Å². The number of amidine groups is 1. The number of hydrogen-bond acceptors (Lipinski definition) is 1. The Morgan fingerprint density at radius 3 is 1.92 bits per heavy atom. The Hall–Kier alpha value is -0.513. The van der Waals surface area contributed by atoms with Crippen LogP contribution in [0.3, 0.4) is 0 Å². The molecular weight excluding hydrogens is 379 g/mol. The van der Waals surface area contributed by atoms with E-state index in [0.717, 1.165) is 17.8 Å². The van der Waals surface area contributed by atoms with Gasteiger partial charge in [0.2, 0.25) is 5.84 Å². The van der Waals surface area contributed by atoms with Crippen LogP contribution in [-0.4, -0.2) is 32.7 Å². The third-order valence-corrected chi connectivity index (χ3v) is 11.8. The first-order valence-corrected chi connectivity index (χ1v) is 14.0. The van der Waals surface area contributed by atoms with Crippen LogP contribution in [0.5, 0.6) is 0 Å². The molecule has 1 heterocycles. The van der Waals surface area contributed by atoms with Crippen molar-refractivity contribution in [2.24, 2.45) is 17.8 Å². The third-order valence-electron chi connectivity index (χ3n) is 7.14. The van der Waals surface area contributed by atoms with E-state index in [1.54, 1.807) is 0 Å². The highest BCUT2D eigenvalue weighted by Crippen LogP contribution is 2.60. The molecule has 2 nitrogen and oxygen atoms in total. The lowest BCUT2D eigenvalue weighted by Crippen LogP contribution is -2.80. The van der Waals surface area contributed by atoms with Crippen molar-refractivity contribution in [1.29, 1.82) is 0 Å². The lowest BCUT2D eigenvalue weighted by molar-refractivity contribution is -0.544. The summed E-state index contributed by atoms with van der Waals surface area (Å²) >= 11 is 14.5. The fraction of sp³-hybridized carbons (Fsp3) is 0.667. The van der Waals surface area contributed by atoms with Crippen molar-refractivity contribution >= 4 is 35.0 Å².